The Labute approximate surface area is 87.6 Å². The molecule has 0 unspecified atom stereocenters. The van der Waals surface area contributed by atoms with E-state index in [2.05, 4.69) is 5.32 Å². The normalized spacial score (nSPS) is 16.6. The van der Waals surface area contributed by atoms with E-state index in [1.54, 1.807) is 0 Å². The lowest BCUT2D eigenvalue weighted by Gasteiger charge is -2.24. The van der Waals surface area contributed by atoms with Gasteiger partial charge in [-0.25, -0.2) is 4.79 Å². The molecule has 1 fully saturated rings. The molecule has 15 heavy (non-hydrogen) atoms. The van der Waals surface area contributed by atoms with E-state index in [1.165, 1.54) is 0 Å². The maximum absolute atomic E-state index is 11.4. The maximum Gasteiger partial charge on any atom is 0.410 e. The largest absolute Gasteiger partial charge is 0.449 e. The lowest BCUT2D eigenvalue weighted by Crippen LogP contribution is -2.53. The van der Waals surface area contributed by atoms with E-state index in [1.807, 2.05) is 13.8 Å². The summed E-state index contributed by atoms with van der Waals surface area (Å²) >= 11 is 0. The van der Waals surface area contributed by atoms with Gasteiger partial charge in [-0.1, -0.05) is 13.8 Å². The first-order chi connectivity index (χ1) is 6.99. The van der Waals surface area contributed by atoms with Crippen molar-refractivity contribution in [3.8, 4) is 0 Å². The fraction of sp³-hybridized carbons (Fsp3) is 0.667. The molecular formula is C9H14N2O4. The molecule has 1 aliphatic heterocycles. The number of nitrogens with zero attached hydrogens (tertiary/aromatic N) is 1. The predicted octanol–water partition coefficient (Wildman–Crippen LogP) is -0.263. The number of hydrogen-bond donors (Lipinski definition) is 1. The summed E-state index contributed by atoms with van der Waals surface area (Å²) in [6, 6.07) is 0. The second-order valence-corrected chi connectivity index (χ2v) is 3.80. The van der Waals surface area contributed by atoms with Crippen molar-refractivity contribution in [1.82, 2.24) is 10.2 Å². The Hall–Kier alpha value is -1.59. The maximum atomic E-state index is 11.4. The average molecular weight is 214 g/mol. The first-order valence-electron chi connectivity index (χ1n) is 4.73. The molecule has 3 amide bonds. The molecule has 0 radical (unpaired) electrons. The Morgan fingerprint density at radius 3 is 2.40 bits per heavy atom. The number of piperazine rings is 1. The van der Waals surface area contributed by atoms with Crippen LogP contribution in [0.1, 0.15) is 13.8 Å². The van der Waals surface area contributed by atoms with Gasteiger partial charge in [-0.2, -0.15) is 0 Å². The predicted molar refractivity (Wildman–Crippen MR) is 50.9 cm³/mol. The van der Waals surface area contributed by atoms with Gasteiger partial charge in [0.1, 0.15) is 13.1 Å². The molecule has 1 heterocycles. The summed E-state index contributed by atoms with van der Waals surface area (Å²) in [4.78, 5) is 34.3. The molecule has 0 aliphatic carbocycles. The lowest BCUT2D eigenvalue weighted by molar-refractivity contribution is -0.135. The van der Waals surface area contributed by atoms with Crippen molar-refractivity contribution in [3.63, 3.8) is 0 Å². The van der Waals surface area contributed by atoms with Crippen LogP contribution in [-0.2, 0) is 14.3 Å². The SMILES string of the molecule is CC(C)COC(=O)N1CC(=O)NC(=O)C1. The summed E-state index contributed by atoms with van der Waals surface area (Å²) in [6.07, 6.45) is -0.619. The van der Waals surface area contributed by atoms with Gasteiger partial charge in [-0.3, -0.25) is 19.8 Å². The zero-order valence-corrected chi connectivity index (χ0v) is 8.78. The highest BCUT2D eigenvalue weighted by atomic mass is 16.6. The Morgan fingerprint density at radius 1 is 1.40 bits per heavy atom. The number of carbonyl (C=O) groups is 3. The van der Waals surface area contributed by atoms with Gasteiger partial charge in [-0.15, -0.1) is 0 Å². The molecule has 0 spiro atoms. The Kier molecular flexibility index (Phi) is 3.65. The van der Waals surface area contributed by atoms with E-state index in [4.69, 9.17) is 4.74 Å². The van der Waals surface area contributed by atoms with Crippen molar-refractivity contribution in [2.24, 2.45) is 5.92 Å². The highest BCUT2D eigenvalue weighted by molar-refractivity contribution is 6.01. The molecule has 0 aromatic rings. The van der Waals surface area contributed by atoms with Crippen LogP contribution in [0, 0.1) is 5.92 Å². The number of ether oxygens (including phenoxy) is 1. The molecule has 6 nitrogen and oxygen atoms in total. The third-order valence-electron chi connectivity index (χ3n) is 1.75. The molecule has 0 bridgehead atoms. The van der Waals surface area contributed by atoms with Crippen LogP contribution in [0.4, 0.5) is 4.79 Å². The molecule has 0 atom stereocenters. The molecule has 0 aromatic heterocycles. The molecule has 1 N–H and O–H groups in total. The van der Waals surface area contributed by atoms with Crippen LogP contribution in [0.15, 0.2) is 0 Å². The molecule has 1 aliphatic rings. The van der Waals surface area contributed by atoms with Gasteiger partial charge in [0, 0.05) is 0 Å². The molecule has 6 heteroatoms. The molecule has 1 saturated heterocycles. The standard InChI is InChI=1S/C9H14N2O4/c1-6(2)5-15-9(14)11-3-7(12)10-8(13)4-11/h6H,3-5H2,1-2H3,(H,10,12,13). The zero-order valence-electron chi connectivity index (χ0n) is 8.78. The van der Waals surface area contributed by atoms with Crippen LogP contribution < -0.4 is 5.32 Å². The molecule has 0 aromatic carbocycles. The minimum absolute atomic E-state index is 0.122. The summed E-state index contributed by atoms with van der Waals surface area (Å²) in [7, 11) is 0. The van der Waals surface area contributed by atoms with Gasteiger partial charge in [-0.05, 0) is 5.92 Å². The van der Waals surface area contributed by atoms with Crippen molar-refractivity contribution >= 4 is 17.9 Å². The van der Waals surface area contributed by atoms with E-state index in [0.717, 1.165) is 4.90 Å². The van der Waals surface area contributed by atoms with E-state index in [9.17, 15) is 14.4 Å². The summed E-state index contributed by atoms with van der Waals surface area (Å²) < 4.78 is 4.89. The molecule has 1 rings (SSSR count). The van der Waals surface area contributed by atoms with Crippen molar-refractivity contribution in [3.05, 3.63) is 0 Å². The van der Waals surface area contributed by atoms with Crippen molar-refractivity contribution < 1.29 is 19.1 Å². The van der Waals surface area contributed by atoms with Gasteiger partial charge < -0.3 is 4.74 Å². The number of amides is 3. The second kappa shape index (κ2) is 4.77. The minimum Gasteiger partial charge on any atom is -0.449 e. The van der Waals surface area contributed by atoms with Crippen molar-refractivity contribution in [2.75, 3.05) is 19.7 Å². The Morgan fingerprint density at radius 2 is 1.93 bits per heavy atom. The highest BCUT2D eigenvalue weighted by Crippen LogP contribution is 2.01. The van der Waals surface area contributed by atoms with E-state index < -0.39 is 17.9 Å². The van der Waals surface area contributed by atoms with Crippen LogP contribution in [0.25, 0.3) is 0 Å². The van der Waals surface area contributed by atoms with Crippen molar-refractivity contribution in [2.45, 2.75) is 13.8 Å². The van der Waals surface area contributed by atoms with E-state index in [-0.39, 0.29) is 25.6 Å². The number of rotatable bonds is 2. The van der Waals surface area contributed by atoms with Crippen LogP contribution in [0.3, 0.4) is 0 Å². The third kappa shape index (κ3) is 3.57. The Balaban J connectivity index is 2.45. The number of nitrogens with one attached hydrogen (secondary N) is 1. The van der Waals surface area contributed by atoms with Gasteiger partial charge in [0.2, 0.25) is 11.8 Å². The number of hydrogen-bond acceptors (Lipinski definition) is 4. The highest BCUT2D eigenvalue weighted by Gasteiger charge is 2.27. The number of carbonyl (C=O) groups excluding carboxylic acids is 3. The first-order valence-corrected chi connectivity index (χ1v) is 4.73. The molecular weight excluding hydrogens is 200 g/mol. The smallest absolute Gasteiger partial charge is 0.410 e. The van der Waals surface area contributed by atoms with Crippen LogP contribution in [-0.4, -0.2) is 42.5 Å². The first kappa shape index (κ1) is 11.5. The summed E-state index contributed by atoms with van der Waals surface area (Å²) in [5.41, 5.74) is 0. The van der Waals surface area contributed by atoms with Crippen LogP contribution in [0.2, 0.25) is 0 Å². The van der Waals surface area contributed by atoms with Gasteiger partial charge >= 0.3 is 6.09 Å². The summed E-state index contributed by atoms with van der Waals surface area (Å²) in [5, 5.41) is 2.10. The van der Waals surface area contributed by atoms with Crippen LogP contribution in [0.5, 0.6) is 0 Å². The monoisotopic (exact) mass is 214 g/mol. The average Bonchev–Trinajstić information content (AvgIpc) is 2.12. The molecule has 0 saturated carbocycles. The van der Waals surface area contributed by atoms with Gasteiger partial charge in [0.05, 0.1) is 6.61 Å². The minimum atomic E-state index is -0.619. The summed E-state index contributed by atoms with van der Waals surface area (Å²) in [6.45, 7) is 3.85. The van der Waals surface area contributed by atoms with Gasteiger partial charge in [0.25, 0.3) is 0 Å². The molecule has 84 valence electrons. The summed E-state index contributed by atoms with van der Waals surface area (Å²) in [5.74, 6) is -0.733. The lowest BCUT2D eigenvalue weighted by atomic mass is 10.2. The van der Waals surface area contributed by atoms with Crippen LogP contribution >= 0.6 is 0 Å². The van der Waals surface area contributed by atoms with Gasteiger partial charge in [0.15, 0.2) is 0 Å². The van der Waals surface area contributed by atoms with E-state index >= 15 is 0 Å². The number of imide groups is 1. The van der Waals surface area contributed by atoms with E-state index in [0.29, 0.717) is 0 Å². The second-order valence-electron chi connectivity index (χ2n) is 3.80. The van der Waals surface area contributed by atoms with Crippen molar-refractivity contribution in [1.29, 1.82) is 0 Å². The fourth-order valence-corrected chi connectivity index (χ4v) is 1.10. The Bertz CT molecular complexity index is 272. The topological polar surface area (TPSA) is 75.7 Å². The zero-order chi connectivity index (χ0) is 11.4. The third-order valence-corrected chi connectivity index (χ3v) is 1.75. The quantitative estimate of drug-likeness (QED) is 0.642. The fourth-order valence-electron chi connectivity index (χ4n) is 1.10.